The fourth-order valence-electron chi connectivity index (χ4n) is 1.35. The van der Waals surface area contributed by atoms with Gasteiger partial charge in [-0.2, -0.15) is 4.31 Å². The molecule has 0 aliphatic carbocycles. The summed E-state index contributed by atoms with van der Waals surface area (Å²) >= 11 is 0. The van der Waals surface area contributed by atoms with Gasteiger partial charge in [0.15, 0.2) is 0 Å². The van der Waals surface area contributed by atoms with E-state index in [0.29, 0.717) is 13.1 Å². The van der Waals surface area contributed by atoms with Crippen molar-refractivity contribution in [2.45, 2.75) is 39.8 Å². The van der Waals surface area contributed by atoms with Crippen LogP contribution in [0.1, 0.15) is 27.7 Å². The topological polar surface area (TPSA) is 72.6 Å². The van der Waals surface area contributed by atoms with Gasteiger partial charge in [-0.15, -0.1) is 0 Å². The van der Waals surface area contributed by atoms with Crippen LogP contribution in [-0.2, 0) is 14.8 Å². The maximum absolute atomic E-state index is 11.9. The Morgan fingerprint density at radius 3 is 2.19 bits per heavy atom. The molecule has 0 rings (SSSR count). The Kier molecular flexibility index (Phi) is 7.14. The average Bonchev–Trinajstić information content (AvgIpc) is 2.12. The minimum absolute atomic E-state index is 0.0172. The molecule has 98 valence electrons. The van der Waals surface area contributed by atoms with Crippen LogP contribution in [0.5, 0.6) is 0 Å². The molecule has 0 amide bonds. The smallest absolute Gasteiger partial charge is 0.216 e. The number of hydrogen-bond acceptors (Lipinski definition) is 4. The third-order valence-electron chi connectivity index (χ3n) is 2.08. The van der Waals surface area contributed by atoms with Gasteiger partial charge in [0, 0.05) is 19.1 Å². The van der Waals surface area contributed by atoms with Gasteiger partial charge in [0.2, 0.25) is 10.0 Å². The summed E-state index contributed by atoms with van der Waals surface area (Å²) in [6.07, 6.45) is 0.0530. The van der Waals surface area contributed by atoms with Crippen molar-refractivity contribution in [3.63, 3.8) is 0 Å². The molecule has 0 radical (unpaired) electrons. The molecule has 0 unspecified atom stereocenters. The first kappa shape index (κ1) is 15.8. The van der Waals surface area contributed by atoms with Crippen molar-refractivity contribution >= 4 is 10.0 Å². The second-order valence-corrected chi connectivity index (χ2v) is 6.27. The quantitative estimate of drug-likeness (QED) is 0.679. The van der Waals surface area contributed by atoms with E-state index in [1.807, 2.05) is 27.7 Å². The zero-order valence-electron chi connectivity index (χ0n) is 10.6. The predicted octanol–water partition coefficient (Wildman–Crippen LogP) is 0.410. The number of nitrogens with two attached hydrogens (primary N) is 1. The summed E-state index contributed by atoms with van der Waals surface area (Å²) < 4.78 is 30.5. The third kappa shape index (κ3) is 5.79. The SMILES string of the molecule is CC(C)OCCS(=O)(=O)N(CCN)C(C)C. The molecule has 6 heteroatoms. The van der Waals surface area contributed by atoms with Crippen molar-refractivity contribution < 1.29 is 13.2 Å². The Morgan fingerprint density at radius 1 is 1.25 bits per heavy atom. The van der Waals surface area contributed by atoms with Crippen LogP contribution in [0.3, 0.4) is 0 Å². The van der Waals surface area contributed by atoms with E-state index in [0.717, 1.165) is 0 Å². The van der Waals surface area contributed by atoms with Gasteiger partial charge >= 0.3 is 0 Å². The molecule has 16 heavy (non-hydrogen) atoms. The fraction of sp³-hybridized carbons (Fsp3) is 1.00. The van der Waals surface area contributed by atoms with Crippen LogP contribution in [0, 0.1) is 0 Å². The molecular weight excluding hydrogens is 228 g/mol. The lowest BCUT2D eigenvalue weighted by Crippen LogP contribution is -2.42. The van der Waals surface area contributed by atoms with Crippen LogP contribution >= 0.6 is 0 Å². The number of rotatable bonds is 8. The lowest BCUT2D eigenvalue weighted by molar-refractivity contribution is 0.0905. The Morgan fingerprint density at radius 2 is 1.81 bits per heavy atom. The molecule has 0 aromatic rings. The van der Waals surface area contributed by atoms with Crippen LogP contribution in [0.4, 0.5) is 0 Å². The molecule has 0 aliphatic heterocycles. The maximum atomic E-state index is 11.9. The minimum Gasteiger partial charge on any atom is -0.378 e. The van der Waals surface area contributed by atoms with Gasteiger partial charge in [0.05, 0.1) is 18.5 Å². The van der Waals surface area contributed by atoms with E-state index >= 15 is 0 Å². The van der Waals surface area contributed by atoms with Crippen LogP contribution < -0.4 is 5.73 Å². The van der Waals surface area contributed by atoms with Crippen molar-refractivity contribution in [1.82, 2.24) is 4.31 Å². The van der Waals surface area contributed by atoms with E-state index in [4.69, 9.17) is 10.5 Å². The van der Waals surface area contributed by atoms with Crippen molar-refractivity contribution in [3.05, 3.63) is 0 Å². The molecule has 5 nitrogen and oxygen atoms in total. The second kappa shape index (κ2) is 7.21. The van der Waals surface area contributed by atoms with Gasteiger partial charge in [-0.3, -0.25) is 0 Å². The van der Waals surface area contributed by atoms with Crippen LogP contribution in [0.2, 0.25) is 0 Å². The van der Waals surface area contributed by atoms with Crippen LogP contribution in [0.25, 0.3) is 0 Å². The Labute approximate surface area is 99.0 Å². The Bertz CT molecular complexity index is 276. The van der Waals surface area contributed by atoms with E-state index in [-0.39, 0.29) is 24.5 Å². The zero-order valence-corrected chi connectivity index (χ0v) is 11.5. The summed E-state index contributed by atoms with van der Waals surface area (Å²) in [5, 5.41) is 0. The van der Waals surface area contributed by atoms with E-state index in [2.05, 4.69) is 0 Å². The molecule has 0 saturated carbocycles. The second-order valence-electron chi connectivity index (χ2n) is 4.23. The molecule has 0 atom stereocenters. The number of ether oxygens (including phenoxy) is 1. The lowest BCUT2D eigenvalue weighted by atomic mass is 10.4. The van der Waals surface area contributed by atoms with Crippen molar-refractivity contribution in [1.29, 1.82) is 0 Å². The summed E-state index contributed by atoms with van der Waals surface area (Å²) in [5.41, 5.74) is 5.40. The van der Waals surface area contributed by atoms with Crippen molar-refractivity contribution in [2.75, 3.05) is 25.4 Å². The molecule has 0 fully saturated rings. The minimum atomic E-state index is -3.25. The highest BCUT2D eigenvalue weighted by atomic mass is 32.2. The van der Waals surface area contributed by atoms with E-state index < -0.39 is 10.0 Å². The van der Waals surface area contributed by atoms with E-state index in [1.165, 1.54) is 4.31 Å². The first-order valence-corrected chi connectivity index (χ1v) is 7.23. The van der Waals surface area contributed by atoms with Gasteiger partial charge < -0.3 is 10.5 Å². The number of sulfonamides is 1. The molecule has 0 heterocycles. The van der Waals surface area contributed by atoms with Crippen molar-refractivity contribution in [2.24, 2.45) is 5.73 Å². The summed E-state index contributed by atoms with van der Waals surface area (Å²) in [4.78, 5) is 0. The van der Waals surface area contributed by atoms with Crippen LogP contribution in [-0.4, -0.2) is 50.3 Å². The highest BCUT2D eigenvalue weighted by Gasteiger charge is 2.23. The van der Waals surface area contributed by atoms with E-state index in [9.17, 15) is 8.42 Å². The normalized spacial score (nSPS) is 13.0. The Balaban J connectivity index is 4.37. The van der Waals surface area contributed by atoms with Crippen LogP contribution in [0.15, 0.2) is 0 Å². The van der Waals surface area contributed by atoms with Gasteiger partial charge in [-0.1, -0.05) is 0 Å². The van der Waals surface area contributed by atoms with Gasteiger partial charge in [-0.05, 0) is 27.7 Å². The fourth-order valence-corrected chi connectivity index (χ4v) is 2.92. The molecule has 0 aromatic heterocycles. The molecule has 0 bridgehead atoms. The molecule has 0 saturated heterocycles. The average molecular weight is 252 g/mol. The first-order valence-electron chi connectivity index (χ1n) is 5.62. The Hall–Kier alpha value is -0.170. The molecule has 0 spiro atoms. The van der Waals surface area contributed by atoms with Gasteiger partial charge in [-0.25, -0.2) is 8.42 Å². The van der Waals surface area contributed by atoms with Gasteiger partial charge in [0.25, 0.3) is 0 Å². The standard InChI is InChI=1S/C10H24N2O3S/c1-9(2)12(6-5-11)16(13,14)8-7-15-10(3)4/h9-10H,5-8,11H2,1-4H3. The predicted molar refractivity (Wildman–Crippen MR) is 65.8 cm³/mol. The summed E-state index contributed by atoms with van der Waals surface area (Å²) in [6.45, 7) is 8.38. The molecule has 0 aliphatic rings. The zero-order chi connectivity index (χ0) is 12.8. The number of hydrogen-bond donors (Lipinski definition) is 1. The molecule has 2 N–H and O–H groups in total. The van der Waals surface area contributed by atoms with Gasteiger partial charge in [0.1, 0.15) is 0 Å². The largest absolute Gasteiger partial charge is 0.378 e. The molecule has 0 aromatic carbocycles. The van der Waals surface area contributed by atoms with E-state index in [1.54, 1.807) is 0 Å². The maximum Gasteiger partial charge on any atom is 0.216 e. The first-order chi connectivity index (χ1) is 7.31. The monoisotopic (exact) mass is 252 g/mol. The summed E-state index contributed by atoms with van der Waals surface area (Å²) in [6, 6.07) is -0.0624. The summed E-state index contributed by atoms with van der Waals surface area (Å²) in [5.74, 6) is 0.0172. The molecular formula is C10H24N2O3S. The highest BCUT2D eigenvalue weighted by Crippen LogP contribution is 2.07. The number of nitrogens with zero attached hydrogens (tertiary/aromatic N) is 1. The summed E-state index contributed by atoms with van der Waals surface area (Å²) in [7, 11) is -3.25. The highest BCUT2D eigenvalue weighted by molar-refractivity contribution is 7.89. The van der Waals surface area contributed by atoms with Crippen molar-refractivity contribution in [3.8, 4) is 0 Å². The lowest BCUT2D eigenvalue weighted by Gasteiger charge is -2.25. The third-order valence-corrected chi connectivity index (χ3v) is 4.08.